The van der Waals surface area contributed by atoms with Gasteiger partial charge in [-0.2, -0.15) is 0 Å². The molecule has 3 aromatic carbocycles. The summed E-state index contributed by atoms with van der Waals surface area (Å²) in [7, 11) is 1.98. The van der Waals surface area contributed by atoms with Gasteiger partial charge in [-0.05, 0) is 72.0 Å². The SMILES string of the molecule is [2H]C1([2H])c2cccc(-c3c(F)ccc4c3oc3c(-c5cccc[n+]5C)c(C)ccc34)c2C([2H])([2H])C1C1CCCC1. The number of halogens is 1. The highest BCUT2D eigenvalue weighted by Crippen LogP contribution is 2.46. The predicted octanol–water partition coefficient (Wildman–Crippen LogP) is 8.10. The molecule has 1 atom stereocenters. The smallest absolute Gasteiger partial charge is 0.216 e. The molecule has 5 aromatic rings. The first-order chi connectivity index (χ1) is 19.1. The third kappa shape index (κ3) is 3.25. The molecule has 2 heterocycles. The lowest BCUT2D eigenvalue weighted by Crippen LogP contribution is -2.30. The first kappa shape index (κ1) is 17.9. The van der Waals surface area contributed by atoms with Crippen LogP contribution in [0.25, 0.3) is 44.3 Å². The van der Waals surface area contributed by atoms with E-state index in [1.54, 1.807) is 24.3 Å². The standard InChI is InChI=1S/C33H31FNO/c1-20-13-14-25-26-15-16-28(34)31(33(26)36-32(25)30(20)29-12-5-6-17-35(29)2)24-11-7-10-22-18-23(19-27(22)24)21-8-3-4-9-21/h5-7,10-17,21,23H,3-4,8-9,18-19H2,1-2H3/q+1/i18D2,19D2. The van der Waals surface area contributed by atoms with Gasteiger partial charge in [0.05, 0.1) is 11.1 Å². The largest absolute Gasteiger partial charge is 0.454 e. The molecule has 0 aliphatic heterocycles. The van der Waals surface area contributed by atoms with Crippen molar-refractivity contribution in [3.8, 4) is 22.4 Å². The number of hydrogen-bond acceptors (Lipinski definition) is 1. The van der Waals surface area contributed by atoms with Crippen molar-refractivity contribution in [2.45, 2.75) is 45.4 Å². The van der Waals surface area contributed by atoms with E-state index >= 15 is 4.39 Å². The molecule has 2 aliphatic rings. The summed E-state index contributed by atoms with van der Waals surface area (Å²) >= 11 is 0. The zero-order valence-electron chi connectivity index (χ0n) is 24.6. The molecule has 2 aromatic heterocycles. The quantitative estimate of drug-likeness (QED) is 0.238. The molecule has 0 bridgehead atoms. The maximum absolute atomic E-state index is 15.9. The van der Waals surface area contributed by atoms with Crippen molar-refractivity contribution < 1.29 is 18.9 Å². The zero-order chi connectivity index (χ0) is 28.0. The molecule has 0 radical (unpaired) electrons. The minimum absolute atomic E-state index is 0.0470. The lowest BCUT2D eigenvalue weighted by molar-refractivity contribution is -0.660. The lowest BCUT2D eigenvalue weighted by Gasteiger charge is -2.17. The van der Waals surface area contributed by atoms with Crippen molar-refractivity contribution in [2.75, 3.05) is 0 Å². The number of furan rings is 1. The Morgan fingerprint density at radius 3 is 2.44 bits per heavy atom. The second-order valence-electron chi connectivity index (χ2n) is 10.3. The van der Waals surface area contributed by atoms with Crippen LogP contribution in [-0.2, 0) is 19.8 Å². The van der Waals surface area contributed by atoms with E-state index in [2.05, 4.69) is 0 Å². The Hall–Kier alpha value is -3.46. The molecule has 0 N–H and O–H groups in total. The van der Waals surface area contributed by atoms with E-state index in [1.807, 2.05) is 55.1 Å². The first-order valence-electron chi connectivity index (χ1n) is 14.9. The van der Waals surface area contributed by atoms with Crippen LogP contribution in [0.1, 0.15) is 47.9 Å². The molecule has 0 saturated heterocycles. The summed E-state index contributed by atoms with van der Waals surface area (Å²) in [5.41, 5.74) is 5.08. The fraction of sp³-hybridized carbons (Fsp3) is 0.303. The van der Waals surface area contributed by atoms with Crippen molar-refractivity contribution in [1.29, 1.82) is 0 Å². The second kappa shape index (κ2) is 8.30. The molecule has 2 aliphatic carbocycles. The third-order valence-corrected chi connectivity index (χ3v) is 8.09. The monoisotopic (exact) mass is 480 g/mol. The average molecular weight is 481 g/mol. The number of pyridine rings is 1. The summed E-state index contributed by atoms with van der Waals surface area (Å²) < 4.78 is 61.3. The van der Waals surface area contributed by atoms with Crippen LogP contribution in [0, 0.1) is 24.6 Å². The number of aromatic nitrogens is 1. The lowest BCUT2D eigenvalue weighted by atomic mass is 9.88. The van der Waals surface area contributed by atoms with Crippen LogP contribution in [0.2, 0.25) is 0 Å². The van der Waals surface area contributed by atoms with Gasteiger partial charge in [0, 0.05) is 28.4 Å². The van der Waals surface area contributed by atoms with Gasteiger partial charge in [-0.1, -0.05) is 56.0 Å². The van der Waals surface area contributed by atoms with Gasteiger partial charge in [0.15, 0.2) is 6.20 Å². The topological polar surface area (TPSA) is 17.0 Å². The molecule has 3 heteroatoms. The van der Waals surface area contributed by atoms with E-state index in [4.69, 9.17) is 7.16 Å². The normalized spacial score (nSPS) is 22.4. The predicted molar refractivity (Wildman–Crippen MR) is 143 cm³/mol. The highest BCUT2D eigenvalue weighted by Gasteiger charge is 2.33. The van der Waals surface area contributed by atoms with Crippen molar-refractivity contribution in [1.82, 2.24) is 0 Å². The van der Waals surface area contributed by atoms with Crippen molar-refractivity contribution >= 4 is 21.9 Å². The highest BCUT2D eigenvalue weighted by molar-refractivity contribution is 6.13. The second-order valence-corrected chi connectivity index (χ2v) is 10.3. The molecule has 7 rings (SSSR count). The number of aryl methyl sites for hydroxylation is 2. The Labute approximate surface area is 217 Å². The third-order valence-electron chi connectivity index (χ3n) is 8.09. The van der Waals surface area contributed by atoms with E-state index in [-0.39, 0.29) is 17.0 Å². The molecule has 1 unspecified atom stereocenters. The molecule has 0 amide bonds. The fourth-order valence-electron chi connectivity index (χ4n) is 6.25. The van der Waals surface area contributed by atoms with Crippen LogP contribution in [0.5, 0.6) is 0 Å². The van der Waals surface area contributed by atoms with Crippen molar-refractivity contribution in [3.63, 3.8) is 0 Å². The highest BCUT2D eigenvalue weighted by atomic mass is 19.1. The minimum atomic E-state index is -1.95. The summed E-state index contributed by atoms with van der Waals surface area (Å²) in [5.74, 6) is -1.37. The molecule has 0 spiro atoms. The van der Waals surface area contributed by atoms with Crippen molar-refractivity contribution in [3.05, 3.63) is 89.4 Å². The van der Waals surface area contributed by atoms with Gasteiger partial charge in [-0.15, -0.1) is 0 Å². The maximum Gasteiger partial charge on any atom is 0.216 e. The van der Waals surface area contributed by atoms with Crippen LogP contribution < -0.4 is 4.57 Å². The van der Waals surface area contributed by atoms with Crippen LogP contribution >= 0.6 is 0 Å². The van der Waals surface area contributed by atoms with Gasteiger partial charge >= 0.3 is 0 Å². The fourth-order valence-corrected chi connectivity index (χ4v) is 6.25. The van der Waals surface area contributed by atoms with Gasteiger partial charge in [0.2, 0.25) is 5.69 Å². The molecule has 2 nitrogen and oxygen atoms in total. The van der Waals surface area contributed by atoms with E-state index < -0.39 is 24.5 Å². The number of nitrogens with zero attached hydrogens (tertiary/aromatic N) is 1. The number of benzene rings is 3. The molecular formula is C33H31FNO+. The van der Waals surface area contributed by atoms with Gasteiger partial charge in [-0.3, -0.25) is 0 Å². The summed E-state index contributed by atoms with van der Waals surface area (Å²) in [4.78, 5) is 0. The Balaban J connectivity index is 1.52. The van der Waals surface area contributed by atoms with Crippen LogP contribution in [-0.4, -0.2) is 0 Å². The Morgan fingerprint density at radius 2 is 1.64 bits per heavy atom. The molecule has 1 fully saturated rings. The summed E-state index contributed by atoms with van der Waals surface area (Å²) in [6, 6.07) is 18.3. The van der Waals surface area contributed by atoms with E-state index in [9.17, 15) is 2.74 Å². The first-order valence-corrected chi connectivity index (χ1v) is 12.9. The Morgan fingerprint density at radius 1 is 0.861 bits per heavy atom. The summed E-state index contributed by atoms with van der Waals surface area (Å²) in [6.07, 6.45) is 1.79. The van der Waals surface area contributed by atoms with Crippen molar-refractivity contribution in [2.24, 2.45) is 18.9 Å². The van der Waals surface area contributed by atoms with Gasteiger partial charge in [0.25, 0.3) is 0 Å². The average Bonchev–Trinajstić information content (AvgIpc) is 3.59. The Kier molecular flexibility index (Phi) is 4.12. The molecule has 1 saturated carbocycles. The minimum Gasteiger partial charge on any atom is -0.454 e. The van der Waals surface area contributed by atoms with E-state index in [0.29, 0.717) is 22.3 Å². The Bertz CT molecular complexity index is 1820. The van der Waals surface area contributed by atoms with Crippen LogP contribution in [0.15, 0.2) is 71.3 Å². The number of hydrogen-bond donors (Lipinski definition) is 0. The molecular weight excluding hydrogens is 445 g/mol. The molecule has 180 valence electrons. The molecule has 36 heavy (non-hydrogen) atoms. The summed E-state index contributed by atoms with van der Waals surface area (Å²) in [5, 5.41) is 1.60. The van der Waals surface area contributed by atoms with E-state index in [0.717, 1.165) is 53.3 Å². The van der Waals surface area contributed by atoms with Crippen LogP contribution in [0.3, 0.4) is 0 Å². The zero-order valence-corrected chi connectivity index (χ0v) is 20.6. The maximum atomic E-state index is 15.9. The van der Waals surface area contributed by atoms with E-state index in [1.165, 1.54) is 6.07 Å². The van der Waals surface area contributed by atoms with Gasteiger partial charge in [0.1, 0.15) is 24.0 Å². The van der Waals surface area contributed by atoms with Gasteiger partial charge < -0.3 is 4.42 Å². The van der Waals surface area contributed by atoms with Crippen LogP contribution in [0.4, 0.5) is 4.39 Å². The number of fused-ring (bicyclic) bond motifs is 4. The summed E-state index contributed by atoms with van der Waals surface area (Å²) in [6.45, 7) is 2.03. The number of rotatable bonds is 3. The van der Waals surface area contributed by atoms with Gasteiger partial charge in [-0.25, -0.2) is 8.96 Å².